The minimum absolute atomic E-state index is 0.0805. The minimum atomic E-state index is -0.696. The molecule has 1 aromatic rings. The van der Waals surface area contributed by atoms with Crippen molar-refractivity contribution in [2.24, 2.45) is 0 Å². The van der Waals surface area contributed by atoms with Crippen LogP contribution in [-0.2, 0) is 9.47 Å². The topological polar surface area (TPSA) is 73.9 Å². The molecular formula is C19H27NO5. The van der Waals surface area contributed by atoms with Crippen molar-refractivity contribution in [3.8, 4) is 5.75 Å². The molecular weight excluding hydrogens is 322 g/mol. The Morgan fingerprint density at radius 3 is 2.44 bits per heavy atom. The summed E-state index contributed by atoms with van der Waals surface area (Å²) in [6, 6.07) is 7.34. The van der Waals surface area contributed by atoms with E-state index in [4.69, 9.17) is 14.2 Å². The maximum absolute atomic E-state index is 11.8. The van der Waals surface area contributed by atoms with Crippen LogP contribution in [0.3, 0.4) is 0 Å². The Kier molecular flexibility index (Phi) is 5.93. The van der Waals surface area contributed by atoms with Crippen LogP contribution in [0.1, 0.15) is 58.9 Å². The number of hydrogen-bond donors (Lipinski definition) is 1. The number of rotatable bonds is 5. The van der Waals surface area contributed by atoms with Crippen LogP contribution >= 0.6 is 0 Å². The van der Waals surface area contributed by atoms with Crippen LogP contribution in [-0.4, -0.2) is 30.0 Å². The van der Waals surface area contributed by atoms with Gasteiger partial charge in [0.25, 0.3) is 0 Å². The van der Waals surface area contributed by atoms with Crippen LogP contribution in [0.15, 0.2) is 24.3 Å². The largest absolute Gasteiger partial charge is 0.514 e. The first-order chi connectivity index (χ1) is 11.7. The lowest BCUT2D eigenvalue weighted by Gasteiger charge is -2.19. The van der Waals surface area contributed by atoms with Gasteiger partial charge >= 0.3 is 12.2 Å². The van der Waals surface area contributed by atoms with E-state index in [1.807, 2.05) is 46.8 Å². The van der Waals surface area contributed by atoms with E-state index >= 15 is 0 Å². The third-order valence-electron chi connectivity index (χ3n) is 3.87. The normalized spacial score (nSPS) is 20.4. The van der Waals surface area contributed by atoms with Crippen LogP contribution in [0.5, 0.6) is 5.75 Å². The van der Waals surface area contributed by atoms with Gasteiger partial charge in [-0.15, -0.1) is 0 Å². The maximum atomic E-state index is 11.8. The Bertz CT molecular complexity index is 605. The third kappa shape index (κ3) is 6.29. The molecule has 0 aliphatic heterocycles. The standard InChI is InChI=1S/C19H27NO5/c1-6-12(2)23-18(22)24-14-9-7-13(8-10-14)15-11-16(15)20-17(21)25-19(3,4)5/h7-10,12,15-16H,6,11H2,1-5H3,(H,20,21)/t12?,15-,16+/m0/s1. The Labute approximate surface area is 148 Å². The van der Waals surface area contributed by atoms with E-state index in [1.165, 1.54) is 0 Å². The monoisotopic (exact) mass is 349 g/mol. The van der Waals surface area contributed by atoms with E-state index in [0.29, 0.717) is 5.75 Å². The molecule has 0 saturated heterocycles. The van der Waals surface area contributed by atoms with E-state index in [9.17, 15) is 9.59 Å². The zero-order valence-electron chi connectivity index (χ0n) is 15.5. The van der Waals surface area contributed by atoms with E-state index in [-0.39, 0.29) is 18.1 Å². The number of hydrogen-bond acceptors (Lipinski definition) is 5. The SMILES string of the molecule is CCC(C)OC(=O)Oc1ccc([C@@H]2C[C@H]2NC(=O)OC(C)(C)C)cc1. The Morgan fingerprint density at radius 2 is 1.88 bits per heavy atom. The van der Waals surface area contributed by atoms with Gasteiger partial charge in [0.1, 0.15) is 17.5 Å². The van der Waals surface area contributed by atoms with Gasteiger partial charge in [-0.1, -0.05) is 19.1 Å². The Hall–Kier alpha value is -2.24. The summed E-state index contributed by atoms with van der Waals surface area (Å²) in [6.07, 6.45) is 0.348. The molecule has 6 nitrogen and oxygen atoms in total. The average molecular weight is 349 g/mol. The molecule has 1 fully saturated rings. The first kappa shape index (κ1) is 19.1. The van der Waals surface area contributed by atoms with Crippen LogP contribution < -0.4 is 10.1 Å². The molecule has 0 spiro atoms. The van der Waals surface area contributed by atoms with Crippen molar-refractivity contribution in [3.63, 3.8) is 0 Å². The molecule has 0 heterocycles. The van der Waals surface area contributed by atoms with E-state index in [2.05, 4.69) is 5.32 Å². The average Bonchev–Trinajstić information content (AvgIpc) is 3.24. The zero-order valence-corrected chi connectivity index (χ0v) is 15.5. The van der Waals surface area contributed by atoms with Crippen molar-refractivity contribution in [2.75, 3.05) is 0 Å². The highest BCUT2D eigenvalue weighted by Gasteiger charge is 2.40. The molecule has 2 rings (SSSR count). The molecule has 0 aromatic heterocycles. The number of ether oxygens (including phenoxy) is 3. The van der Waals surface area contributed by atoms with Crippen LogP contribution in [0.2, 0.25) is 0 Å². The molecule has 1 aliphatic rings. The lowest BCUT2D eigenvalue weighted by atomic mass is 10.1. The Morgan fingerprint density at radius 1 is 1.24 bits per heavy atom. The summed E-state index contributed by atoms with van der Waals surface area (Å²) in [4.78, 5) is 23.4. The fraction of sp³-hybridized carbons (Fsp3) is 0.579. The van der Waals surface area contributed by atoms with Gasteiger partial charge in [0.15, 0.2) is 0 Å². The van der Waals surface area contributed by atoms with Gasteiger partial charge in [0.05, 0.1) is 0 Å². The maximum Gasteiger partial charge on any atom is 0.514 e. The molecule has 1 aromatic carbocycles. The quantitative estimate of drug-likeness (QED) is 0.631. The van der Waals surface area contributed by atoms with E-state index in [0.717, 1.165) is 18.4 Å². The summed E-state index contributed by atoms with van der Waals surface area (Å²) in [7, 11) is 0. The summed E-state index contributed by atoms with van der Waals surface area (Å²) in [5.41, 5.74) is 0.584. The molecule has 138 valence electrons. The number of carbonyl (C=O) groups is 2. The fourth-order valence-electron chi connectivity index (χ4n) is 2.33. The van der Waals surface area contributed by atoms with Crippen LogP contribution in [0.25, 0.3) is 0 Å². The predicted molar refractivity (Wildman–Crippen MR) is 93.8 cm³/mol. The first-order valence-electron chi connectivity index (χ1n) is 8.66. The molecule has 1 unspecified atom stereocenters. The summed E-state index contributed by atoms with van der Waals surface area (Å²) in [5, 5.41) is 2.87. The van der Waals surface area contributed by atoms with Gasteiger partial charge in [-0.05, 0) is 58.2 Å². The van der Waals surface area contributed by atoms with E-state index in [1.54, 1.807) is 12.1 Å². The second-order valence-electron chi connectivity index (χ2n) is 7.35. The van der Waals surface area contributed by atoms with Crippen LogP contribution in [0, 0.1) is 0 Å². The van der Waals surface area contributed by atoms with Crippen molar-refractivity contribution in [1.29, 1.82) is 0 Å². The van der Waals surface area contributed by atoms with E-state index < -0.39 is 17.8 Å². The number of benzene rings is 1. The van der Waals surface area contributed by atoms with Gasteiger partial charge in [-0.2, -0.15) is 0 Å². The van der Waals surface area contributed by atoms with Gasteiger partial charge < -0.3 is 19.5 Å². The van der Waals surface area contributed by atoms with Crippen molar-refractivity contribution in [2.45, 2.75) is 71.1 Å². The third-order valence-corrected chi connectivity index (χ3v) is 3.87. The lowest BCUT2D eigenvalue weighted by molar-refractivity contribution is 0.0521. The highest BCUT2D eigenvalue weighted by Crippen LogP contribution is 2.41. The molecule has 3 atom stereocenters. The molecule has 0 radical (unpaired) electrons. The Balaban J connectivity index is 1.81. The summed E-state index contributed by atoms with van der Waals surface area (Å²) >= 11 is 0. The fourth-order valence-corrected chi connectivity index (χ4v) is 2.33. The molecule has 1 saturated carbocycles. The van der Waals surface area contributed by atoms with Crippen molar-refractivity contribution in [3.05, 3.63) is 29.8 Å². The number of nitrogens with one attached hydrogen (secondary N) is 1. The first-order valence-corrected chi connectivity index (χ1v) is 8.66. The second kappa shape index (κ2) is 7.76. The molecule has 0 bridgehead atoms. The highest BCUT2D eigenvalue weighted by molar-refractivity contribution is 5.69. The van der Waals surface area contributed by atoms with Gasteiger partial charge in [-0.25, -0.2) is 9.59 Å². The van der Waals surface area contributed by atoms with Crippen molar-refractivity contribution in [1.82, 2.24) is 5.32 Å². The summed E-state index contributed by atoms with van der Waals surface area (Å²) < 4.78 is 15.5. The van der Waals surface area contributed by atoms with Crippen LogP contribution in [0.4, 0.5) is 9.59 Å². The van der Waals surface area contributed by atoms with Gasteiger partial charge in [0.2, 0.25) is 0 Å². The number of carbonyl (C=O) groups excluding carboxylic acids is 2. The zero-order chi connectivity index (χ0) is 18.6. The summed E-state index contributed by atoms with van der Waals surface area (Å²) in [6.45, 7) is 9.26. The molecule has 1 amide bonds. The van der Waals surface area contributed by atoms with Gasteiger partial charge in [0, 0.05) is 12.0 Å². The second-order valence-corrected chi connectivity index (χ2v) is 7.35. The molecule has 1 aliphatic carbocycles. The molecule has 25 heavy (non-hydrogen) atoms. The summed E-state index contributed by atoms with van der Waals surface area (Å²) in [5.74, 6) is 0.697. The molecule has 6 heteroatoms. The molecule has 1 N–H and O–H groups in total. The lowest BCUT2D eigenvalue weighted by Crippen LogP contribution is -2.34. The van der Waals surface area contributed by atoms with Crippen molar-refractivity contribution < 1.29 is 23.8 Å². The number of alkyl carbamates (subject to hydrolysis) is 1. The number of amides is 1. The van der Waals surface area contributed by atoms with Crippen molar-refractivity contribution >= 4 is 12.2 Å². The van der Waals surface area contributed by atoms with Gasteiger partial charge in [-0.3, -0.25) is 0 Å². The smallest absolute Gasteiger partial charge is 0.444 e. The highest BCUT2D eigenvalue weighted by atomic mass is 16.7. The minimum Gasteiger partial charge on any atom is -0.444 e. The predicted octanol–water partition coefficient (Wildman–Crippen LogP) is 4.38.